The third kappa shape index (κ3) is 1.88. The van der Waals surface area contributed by atoms with Crippen LogP contribution in [0, 0.1) is 0 Å². The summed E-state index contributed by atoms with van der Waals surface area (Å²) in [5.41, 5.74) is 0. The highest BCUT2D eigenvalue weighted by molar-refractivity contribution is 5.62. The van der Waals surface area contributed by atoms with Gasteiger partial charge in [0.1, 0.15) is 0 Å². The van der Waals surface area contributed by atoms with Gasteiger partial charge in [-0.25, -0.2) is 4.79 Å². The van der Waals surface area contributed by atoms with Gasteiger partial charge in [-0.05, 0) is 6.42 Å². The van der Waals surface area contributed by atoms with Gasteiger partial charge >= 0.3 is 6.16 Å². The van der Waals surface area contributed by atoms with Gasteiger partial charge in [0, 0.05) is 6.42 Å². The van der Waals surface area contributed by atoms with Crippen molar-refractivity contribution in [3.63, 3.8) is 0 Å². The lowest BCUT2D eigenvalue weighted by Gasteiger charge is -2.22. The van der Waals surface area contributed by atoms with E-state index in [-0.39, 0.29) is 6.61 Å². The predicted octanol–water partition coefficient (Wildman–Crippen LogP) is 1.69. The summed E-state index contributed by atoms with van der Waals surface area (Å²) < 4.78 is 15.0. The standard InChI is InChI=1S/C8H14O4/c1-3-5-11-8(4-2)6-10-7(9)12-8/h3-6H2,1-2H3. The van der Waals surface area contributed by atoms with Crippen LogP contribution in [0.25, 0.3) is 0 Å². The Morgan fingerprint density at radius 1 is 1.58 bits per heavy atom. The van der Waals surface area contributed by atoms with Gasteiger partial charge in [0.25, 0.3) is 5.79 Å². The number of hydrogen-bond donors (Lipinski definition) is 0. The molecule has 1 heterocycles. The maximum absolute atomic E-state index is 10.7. The topological polar surface area (TPSA) is 44.8 Å². The first-order chi connectivity index (χ1) is 5.72. The molecule has 1 atom stereocenters. The van der Waals surface area contributed by atoms with Crippen molar-refractivity contribution in [2.75, 3.05) is 13.2 Å². The molecular weight excluding hydrogens is 160 g/mol. The fraction of sp³-hybridized carbons (Fsp3) is 0.875. The van der Waals surface area contributed by atoms with Crippen molar-refractivity contribution >= 4 is 6.16 Å². The molecule has 1 aliphatic rings. The molecule has 1 saturated heterocycles. The predicted molar refractivity (Wildman–Crippen MR) is 41.7 cm³/mol. The summed E-state index contributed by atoms with van der Waals surface area (Å²) >= 11 is 0. The fourth-order valence-electron chi connectivity index (χ4n) is 1.02. The Balaban J connectivity index is 2.46. The van der Waals surface area contributed by atoms with Crippen molar-refractivity contribution in [3.05, 3.63) is 0 Å². The van der Waals surface area contributed by atoms with E-state index in [9.17, 15) is 4.79 Å². The third-order valence-electron chi connectivity index (χ3n) is 1.79. The van der Waals surface area contributed by atoms with E-state index >= 15 is 0 Å². The molecule has 0 spiro atoms. The molecule has 0 aromatic carbocycles. The summed E-state index contributed by atoms with van der Waals surface area (Å²) in [6.07, 6.45) is 0.894. The van der Waals surface area contributed by atoms with Gasteiger partial charge in [-0.2, -0.15) is 0 Å². The molecule has 4 nitrogen and oxygen atoms in total. The van der Waals surface area contributed by atoms with Crippen molar-refractivity contribution in [1.82, 2.24) is 0 Å². The van der Waals surface area contributed by atoms with Crippen LogP contribution in [0.1, 0.15) is 26.7 Å². The monoisotopic (exact) mass is 174 g/mol. The van der Waals surface area contributed by atoms with Crippen LogP contribution in [0.2, 0.25) is 0 Å². The van der Waals surface area contributed by atoms with Crippen LogP contribution in [-0.2, 0) is 14.2 Å². The van der Waals surface area contributed by atoms with Crippen LogP contribution < -0.4 is 0 Å². The molecular formula is C8H14O4. The van der Waals surface area contributed by atoms with E-state index in [2.05, 4.69) is 4.74 Å². The first kappa shape index (κ1) is 9.32. The van der Waals surface area contributed by atoms with Gasteiger partial charge in [-0.15, -0.1) is 0 Å². The number of hydrogen-bond acceptors (Lipinski definition) is 4. The molecule has 70 valence electrons. The van der Waals surface area contributed by atoms with Crippen molar-refractivity contribution in [2.24, 2.45) is 0 Å². The molecule has 0 aromatic heterocycles. The van der Waals surface area contributed by atoms with E-state index in [1.165, 1.54) is 0 Å². The Hall–Kier alpha value is -0.770. The minimum Gasteiger partial charge on any atom is -0.427 e. The fourth-order valence-corrected chi connectivity index (χ4v) is 1.02. The Morgan fingerprint density at radius 3 is 2.75 bits per heavy atom. The van der Waals surface area contributed by atoms with Crippen molar-refractivity contribution in [1.29, 1.82) is 0 Å². The summed E-state index contributed by atoms with van der Waals surface area (Å²) in [5.74, 6) is -0.812. The molecule has 1 unspecified atom stereocenters. The van der Waals surface area contributed by atoms with Gasteiger partial charge in [0.2, 0.25) is 0 Å². The largest absolute Gasteiger partial charge is 0.511 e. The Bertz CT molecular complexity index is 168. The molecule has 4 heteroatoms. The number of carbonyl (C=O) groups excluding carboxylic acids is 1. The molecule has 0 bridgehead atoms. The smallest absolute Gasteiger partial charge is 0.427 e. The quantitative estimate of drug-likeness (QED) is 0.608. The second-order valence-corrected chi connectivity index (χ2v) is 2.75. The minimum atomic E-state index is -0.812. The van der Waals surface area contributed by atoms with Crippen molar-refractivity contribution in [2.45, 2.75) is 32.5 Å². The maximum atomic E-state index is 10.7. The number of cyclic esters (lactones) is 2. The molecule has 1 aliphatic heterocycles. The van der Waals surface area contributed by atoms with Crippen molar-refractivity contribution < 1.29 is 19.0 Å². The normalized spacial score (nSPS) is 28.3. The summed E-state index contributed by atoms with van der Waals surface area (Å²) in [6, 6.07) is 0. The van der Waals surface area contributed by atoms with E-state index in [0.29, 0.717) is 13.0 Å². The Labute approximate surface area is 71.8 Å². The zero-order valence-electron chi connectivity index (χ0n) is 7.46. The molecule has 0 saturated carbocycles. The summed E-state index contributed by atoms with van der Waals surface area (Å²) in [6.45, 7) is 4.70. The minimum absolute atomic E-state index is 0.211. The van der Waals surface area contributed by atoms with Crippen LogP contribution in [0.3, 0.4) is 0 Å². The molecule has 1 fully saturated rings. The second-order valence-electron chi connectivity index (χ2n) is 2.75. The number of rotatable bonds is 4. The zero-order valence-corrected chi connectivity index (χ0v) is 7.46. The average Bonchev–Trinajstić information content (AvgIpc) is 2.45. The SMILES string of the molecule is CCCOC1(CC)COC(=O)O1. The maximum Gasteiger partial charge on any atom is 0.511 e. The Kier molecular flexibility index (Phi) is 2.92. The second kappa shape index (κ2) is 3.76. The molecule has 0 aliphatic carbocycles. The molecule has 0 N–H and O–H groups in total. The highest BCUT2D eigenvalue weighted by Gasteiger charge is 2.41. The van der Waals surface area contributed by atoms with E-state index in [1.54, 1.807) is 0 Å². The van der Waals surface area contributed by atoms with Gasteiger partial charge in [-0.1, -0.05) is 13.8 Å². The lowest BCUT2D eigenvalue weighted by atomic mass is 10.2. The van der Waals surface area contributed by atoms with Crippen LogP contribution in [-0.4, -0.2) is 25.2 Å². The average molecular weight is 174 g/mol. The highest BCUT2D eigenvalue weighted by atomic mass is 16.8. The lowest BCUT2D eigenvalue weighted by Crippen LogP contribution is -2.34. The number of carbonyl (C=O) groups is 1. The summed E-state index contributed by atoms with van der Waals surface area (Å²) in [4.78, 5) is 10.7. The molecule has 0 radical (unpaired) electrons. The molecule has 12 heavy (non-hydrogen) atoms. The first-order valence-corrected chi connectivity index (χ1v) is 4.22. The van der Waals surface area contributed by atoms with Crippen molar-refractivity contribution in [3.8, 4) is 0 Å². The lowest BCUT2D eigenvalue weighted by molar-refractivity contribution is -0.181. The van der Waals surface area contributed by atoms with Gasteiger partial charge < -0.3 is 14.2 Å². The van der Waals surface area contributed by atoms with Crippen LogP contribution in [0.15, 0.2) is 0 Å². The first-order valence-electron chi connectivity index (χ1n) is 4.22. The van der Waals surface area contributed by atoms with E-state index in [1.807, 2.05) is 13.8 Å². The molecule has 0 amide bonds. The van der Waals surface area contributed by atoms with Gasteiger partial charge in [0.15, 0.2) is 6.61 Å². The molecule has 0 aromatic rings. The Morgan fingerprint density at radius 2 is 2.33 bits per heavy atom. The zero-order chi connectivity index (χ0) is 9.03. The number of ether oxygens (including phenoxy) is 3. The van der Waals surface area contributed by atoms with Crippen LogP contribution in [0.5, 0.6) is 0 Å². The van der Waals surface area contributed by atoms with E-state index < -0.39 is 11.9 Å². The molecule has 1 rings (SSSR count). The van der Waals surface area contributed by atoms with Crippen LogP contribution in [0.4, 0.5) is 4.79 Å². The van der Waals surface area contributed by atoms with Gasteiger partial charge in [-0.3, -0.25) is 0 Å². The summed E-state index contributed by atoms with van der Waals surface area (Å²) in [7, 11) is 0. The van der Waals surface area contributed by atoms with Crippen LogP contribution >= 0.6 is 0 Å². The summed E-state index contributed by atoms with van der Waals surface area (Å²) in [5, 5.41) is 0. The third-order valence-corrected chi connectivity index (χ3v) is 1.79. The highest BCUT2D eigenvalue weighted by Crippen LogP contribution is 2.25. The van der Waals surface area contributed by atoms with E-state index in [0.717, 1.165) is 6.42 Å². The van der Waals surface area contributed by atoms with Gasteiger partial charge in [0.05, 0.1) is 6.61 Å². The van der Waals surface area contributed by atoms with E-state index in [4.69, 9.17) is 9.47 Å².